The molecule has 3 N–H and O–H groups in total. The second-order valence-electron chi connectivity index (χ2n) is 10.6. The van der Waals surface area contributed by atoms with Crippen LogP contribution >= 0.6 is 0 Å². The van der Waals surface area contributed by atoms with Crippen LogP contribution in [0.2, 0.25) is 0 Å². The van der Waals surface area contributed by atoms with Gasteiger partial charge in [-0.2, -0.15) is 21.4 Å². The number of carboxylic acids is 1. The Bertz CT molecular complexity index is 2040. The van der Waals surface area contributed by atoms with Crippen molar-refractivity contribution in [2.45, 2.75) is 40.2 Å². The summed E-state index contributed by atoms with van der Waals surface area (Å²) in [6, 6.07) is 12.6. The molecule has 0 aliphatic carbocycles. The molecule has 0 amide bonds. The number of aromatic carboxylic acids is 1. The van der Waals surface area contributed by atoms with E-state index in [1.807, 2.05) is 6.92 Å². The van der Waals surface area contributed by atoms with E-state index < -0.39 is 44.8 Å². The van der Waals surface area contributed by atoms with E-state index in [9.17, 15) is 36.1 Å². The van der Waals surface area contributed by atoms with Crippen molar-refractivity contribution in [3.63, 3.8) is 0 Å². The van der Waals surface area contributed by atoms with Gasteiger partial charge < -0.3 is 19.3 Å². The molecule has 252 valence electrons. The van der Waals surface area contributed by atoms with E-state index >= 15 is 0 Å². The fraction of sp³-hybridized carbons (Fsp3) is 0.323. The Morgan fingerprint density at radius 2 is 1.36 bits per heavy atom. The molecule has 0 aliphatic rings. The van der Waals surface area contributed by atoms with Gasteiger partial charge in [0.2, 0.25) is 11.0 Å². The summed E-state index contributed by atoms with van der Waals surface area (Å²) in [7, 11) is -8.94. The number of carboxylic acid groups (broad SMARTS) is 1. The lowest BCUT2D eigenvalue weighted by molar-refractivity contribution is -0.645. The van der Waals surface area contributed by atoms with Crippen LogP contribution in [0.25, 0.3) is 21.8 Å². The number of carbonyl (C=O) groups excluding carboxylic acids is 1. The molecule has 47 heavy (non-hydrogen) atoms. The minimum Gasteiger partial charge on any atom is -0.494 e. The maximum atomic E-state index is 14.2. The molecule has 1 heterocycles. The first-order valence-corrected chi connectivity index (χ1v) is 17.4. The van der Waals surface area contributed by atoms with Gasteiger partial charge in [-0.25, -0.2) is 13.8 Å². The molecule has 1 aromatic heterocycles. The summed E-state index contributed by atoms with van der Waals surface area (Å²) in [6.45, 7) is 4.90. The third-order valence-electron chi connectivity index (χ3n) is 7.00. The van der Waals surface area contributed by atoms with Crippen LogP contribution in [-0.4, -0.2) is 68.6 Å². The van der Waals surface area contributed by atoms with Gasteiger partial charge in [-0.3, -0.25) is 9.11 Å². The van der Waals surface area contributed by atoms with E-state index in [4.69, 9.17) is 18.8 Å². The Kier molecular flexibility index (Phi) is 11.0. The van der Waals surface area contributed by atoms with Crippen molar-refractivity contribution >= 4 is 54.3 Å². The number of fused-ring (bicyclic) bond motifs is 2. The van der Waals surface area contributed by atoms with E-state index in [1.165, 1.54) is 18.2 Å². The van der Waals surface area contributed by atoms with Crippen molar-refractivity contribution < 1.29 is 63.6 Å². The number of hydrogen-bond donors (Lipinski definition) is 3. The lowest BCUT2D eigenvalue weighted by Gasteiger charge is -2.16. The zero-order valence-corrected chi connectivity index (χ0v) is 27.4. The normalized spacial score (nSPS) is 11.9. The summed E-state index contributed by atoms with van der Waals surface area (Å²) in [6.07, 6.45) is 0.748. The van der Waals surface area contributed by atoms with Gasteiger partial charge in [0.05, 0.1) is 34.3 Å². The highest BCUT2D eigenvalue weighted by Crippen LogP contribution is 2.33. The lowest BCUT2D eigenvalue weighted by atomic mass is 10.0. The summed E-state index contributed by atoms with van der Waals surface area (Å²) in [5, 5.41) is 10.1. The number of pyridine rings is 1. The molecule has 0 radical (unpaired) electrons. The molecule has 0 aliphatic heterocycles. The number of rotatable bonds is 15. The summed E-state index contributed by atoms with van der Waals surface area (Å²) >= 11 is 0. The summed E-state index contributed by atoms with van der Waals surface area (Å²) in [5.41, 5.74) is 1.93. The van der Waals surface area contributed by atoms with Crippen LogP contribution in [0.5, 0.6) is 17.2 Å². The third kappa shape index (κ3) is 9.14. The summed E-state index contributed by atoms with van der Waals surface area (Å²) in [4.78, 5) is 25.7. The van der Waals surface area contributed by atoms with Gasteiger partial charge in [-0.1, -0.05) is 6.92 Å². The minimum atomic E-state index is -4.69. The summed E-state index contributed by atoms with van der Waals surface area (Å²) < 4.78 is 86.5. The summed E-state index contributed by atoms with van der Waals surface area (Å²) in [5.74, 6) is -1.62. The number of ether oxygens (including phenoxy) is 3. The molecule has 3 aromatic carbocycles. The maximum Gasteiger partial charge on any atom is 0.397 e. The highest BCUT2D eigenvalue weighted by atomic mass is 32.3. The molecule has 16 heteroatoms. The number of carbonyl (C=O) groups is 2. The average molecular weight is 693 g/mol. The number of aromatic nitrogens is 1. The van der Waals surface area contributed by atoms with Gasteiger partial charge in [0.15, 0.2) is 6.54 Å². The first kappa shape index (κ1) is 35.5. The molecule has 0 saturated carbocycles. The lowest BCUT2D eigenvalue weighted by Crippen LogP contribution is -2.37. The van der Waals surface area contributed by atoms with E-state index in [1.54, 1.807) is 48.7 Å². The molecule has 0 atom stereocenters. The predicted molar refractivity (Wildman–Crippen MR) is 169 cm³/mol. The van der Waals surface area contributed by atoms with Crippen molar-refractivity contribution in [3.05, 3.63) is 70.8 Å². The van der Waals surface area contributed by atoms with Gasteiger partial charge in [-0.15, -0.1) is 0 Å². The van der Waals surface area contributed by atoms with Crippen molar-refractivity contribution in [3.8, 4) is 17.2 Å². The second kappa shape index (κ2) is 14.6. The Labute approximate surface area is 271 Å². The van der Waals surface area contributed by atoms with Crippen molar-refractivity contribution in [2.75, 3.05) is 25.6 Å². The third-order valence-corrected chi connectivity index (χ3v) is 8.27. The zero-order valence-electron chi connectivity index (χ0n) is 25.8. The predicted octanol–water partition coefficient (Wildman–Crippen LogP) is 4.08. The monoisotopic (exact) mass is 692 g/mol. The molecule has 4 rings (SSSR count). The number of aryl methyl sites for hydroxylation is 3. The second-order valence-corrected chi connectivity index (χ2v) is 13.3. The molecular weight excluding hydrogens is 658 g/mol. The van der Waals surface area contributed by atoms with E-state index in [0.717, 1.165) is 0 Å². The van der Waals surface area contributed by atoms with Crippen LogP contribution in [0.3, 0.4) is 0 Å². The number of benzene rings is 3. The van der Waals surface area contributed by atoms with Crippen molar-refractivity contribution in [1.82, 2.24) is 0 Å². The Morgan fingerprint density at radius 1 is 0.809 bits per heavy atom. The van der Waals surface area contributed by atoms with Crippen LogP contribution in [0.15, 0.2) is 48.5 Å². The standard InChI is InChI=1S/C31H33NO13S2/c1-4-11-42-22-6-8-26-24(17-22)28(31(35)45-29-19(2)15-21(30(33)34)16-20(29)3)25-18-23(43-12-13-44-47(39,40)41)7-9-27(25)32(26)10-5-14-46(36,37)38/h6-9,15-18H,4-5,10-14H2,1-3H3,(H2-,33,34,36,37,38,39,40,41)/p+1. The van der Waals surface area contributed by atoms with Crippen LogP contribution in [0.4, 0.5) is 0 Å². The van der Waals surface area contributed by atoms with E-state index in [2.05, 4.69) is 4.18 Å². The SMILES string of the molecule is CCCOc1ccc2c(c1)c(C(=O)Oc1c(C)cc(C(=O)O)cc1C)c1cc(OCCOS(=O)(=O)O)ccc1[n+]2CCCS(=O)(=O)O. The highest BCUT2D eigenvalue weighted by molar-refractivity contribution is 7.85. The topological polar surface area (TPSA) is 204 Å². The molecule has 0 spiro atoms. The average Bonchev–Trinajstić information content (AvgIpc) is 2.98. The largest absolute Gasteiger partial charge is 0.494 e. The van der Waals surface area contributed by atoms with Crippen LogP contribution in [0, 0.1) is 13.8 Å². The molecular formula is C31H34NO13S2+. The fourth-order valence-electron chi connectivity index (χ4n) is 5.12. The van der Waals surface area contributed by atoms with Crippen LogP contribution < -0.4 is 18.8 Å². The molecule has 0 fully saturated rings. The highest BCUT2D eigenvalue weighted by Gasteiger charge is 2.28. The molecule has 0 unspecified atom stereocenters. The minimum absolute atomic E-state index is 0.0267. The molecule has 0 bridgehead atoms. The smallest absolute Gasteiger partial charge is 0.397 e. The number of nitrogens with zero attached hydrogens (tertiary/aromatic N) is 1. The van der Waals surface area contributed by atoms with Gasteiger partial charge >= 0.3 is 22.3 Å². The first-order valence-electron chi connectivity index (χ1n) is 14.4. The van der Waals surface area contributed by atoms with E-state index in [-0.39, 0.29) is 42.2 Å². The number of hydrogen-bond acceptors (Lipinski definition) is 10. The molecule has 14 nitrogen and oxygen atoms in total. The maximum absolute atomic E-state index is 14.2. The van der Waals surface area contributed by atoms with Crippen LogP contribution in [0.1, 0.15) is 51.6 Å². The number of esters is 1. The Morgan fingerprint density at radius 3 is 1.85 bits per heavy atom. The van der Waals surface area contributed by atoms with Crippen molar-refractivity contribution in [1.29, 1.82) is 0 Å². The molecule has 4 aromatic rings. The van der Waals surface area contributed by atoms with Gasteiger partial charge in [0, 0.05) is 18.6 Å². The fourth-order valence-corrected chi connectivity index (χ4v) is 5.89. The van der Waals surface area contributed by atoms with Crippen molar-refractivity contribution in [2.24, 2.45) is 0 Å². The zero-order chi connectivity index (χ0) is 34.5. The Balaban J connectivity index is 1.93. The van der Waals surface area contributed by atoms with Gasteiger partial charge in [0.1, 0.15) is 30.5 Å². The quantitative estimate of drug-likeness (QED) is 0.0402. The Hall–Kier alpha value is -4.35. The van der Waals surface area contributed by atoms with E-state index in [0.29, 0.717) is 51.7 Å². The van der Waals surface area contributed by atoms with Gasteiger partial charge in [-0.05, 0) is 67.8 Å². The molecule has 0 saturated heterocycles. The van der Waals surface area contributed by atoms with Gasteiger partial charge in [0.25, 0.3) is 10.1 Å². The van der Waals surface area contributed by atoms with Crippen LogP contribution in [-0.2, 0) is 31.2 Å². The first-order chi connectivity index (χ1) is 22.1.